The van der Waals surface area contributed by atoms with E-state index in [-0.39, 0.29) is 0 Å². The first-order valence-corrected chi connectivity index (χ1v) is 8.71. The lowest BCUT2D eigenvalue weighted by Crippen LogP contribution is -2.07. The zero-order valence-electron chi connectivity index (χ0n) is 14.4. The summed E-state index contributed by atoms with van der Waals surface area (Å²) in [6.07, 6.45) is 4.09. The second-order valence-corrected chi connectivity index (χ2v) is 6.52. The van der Waals surface area contributed by atoms with Gasteiger partial charge in [0.2, 0.25) is 5.88 Å². The molecule has 3 aromatic heterocycles. The maximum atomic E-state index is 6.06. The lowest BCUT2D eigenvalue weighted by Gasteiger charge is -2.09. The molecule has 3 heterocycles. The van der Waals surface area contributed by atoms with Gasteiger partial charge in [-0.05, 0) is 12.8 Å². The molecular weight excluding hydrogens is 328 g/mol. The monoisotopic (exact) mass is 346 g/mol. The van der Waals surface area contributed by atoms with Crippen LogP contribution in [0.3, 0.4) is 0 Å². The third-order valence-corrected chi connectivity index (χ3v) is 4.56. The fourth-order valence-corrected chi connectivity index (χ4v) is 2.96. The molecule has 0 saturated heterocycles. The number of hydrogen-bond acceptors (Lipinski definition) is 5. The largest absolute Gasteiger partial charge is 0.469 e. The van der Waals surface area contributed by atoms with Crippen LogP contribution in [0.2, 0.25) is 0 Å². The van der Waals surface area contributed by atoms with E-state index in [9.17, 15) is 0 Å². The van der Waals surface area contributed by atoms with E-state index in [0.717, 1.165) is 28.6 Å². The van der Waals surface area contributed by atoms with Gasteiger partial charge in [-0.2, -0.15) is 14.7 Å². The number of aromatic nitrogens is 6. The molecule has 4 aromatic rings. The molecule has 0 amide bonds. The van der Waals surface area contributed by atoms with Crippen LogP contribution in [0, 0.1) is 0 Å². The van der Waals surface area contributed by atoms with Crippen molar-refractivity contribution in [2.45, 2.75) is 25.4 Å². The molecule has 1 aliphatic carbocycles. The van der Waals surface area contributed by atoms with Crippen LogP contribution in [0.15, 0.2) is 48.7 Å². The summed E-state index contributed by atoms with van der Waals surface area (Å²) < 4.78 is 9.56. The Morgan fingerprint density at radius 3 is 2.77 bits per heavy atom. The van der Waals surface area contributed by atoms with E-state index in [4.69, 9.17) is 4.74 Å². The highest BCUT2D eigenvalue weighted by Crippen LogP contribution is 2.38. The summed E-state index contributed by atoms with van der Waals surface area (Å²) in [6.45, 7) is 0.337. The molecule has 0 unspecified atom stereocenters. The van der Waals surface area contributed by atoms with Gasteiger partial charge in [-0.15, -0.1) is 0 Å². The highest BCUT2D eigenvalue weighted by molar-refractivity contribution is 5.63. The molecular formula is C19H18N6O. The highest BCUT2D eigenvalue weighted by Gasteiger charge is 2.28. The summed E-state index contributed by atoms with van der Waals surface area (Å²) in [7, 11) is 1.91. The molecule has 0 N–H and O–H groups in total. The molecule has 1 fully saturated rings. The van der Waals surface area contributed by atoms with Crippen LogP contribution >= 0.6 is 0 Å². The van der Waals surface area contributed by atoms with E-state index < -0.39 is 0 Å². The van der Waals surface area contributed by atoms with Gasteiger partial charge in [0.05, 0.1) is 11.9 Å². The van der Waals surface area contributed by atoms with Gasteiger partial charge in [0.25, 0.3) is 0 Å². The molecule has 7 nitrogen and oxygen atoms in total. The first-order chi connectivity index (χ1) is 12.8. The van der Waals surface area contributed by atoms with Crippen molar-refractivity contribution in [3.05, 3.63) is 60.3 Å². The van der Waals surface area contributed by atoms with E-state index in [0.29, 0.717) is 18.4 Å². The summed E-state index contributed by atoms with van der Waals surface area (Å²) in [5, 5.41) is 8.81. The normalized spacial score (nSPS) is 14.0. The molecule has 0 radical (unpaired) electrons. The van der Waals surface area contributed by atoms with E-state index in [1.54, 1.807) is 15.4 Å². The fraction of sp³-hybridized carbons (Fsp3) is 0.263. The third-order valence-electron chi connectivity index (χ3n) is 4.56. The molecule has 1 saturated carbocycles. The second-order valence-electron chi connectivity index (χ2n) is 6.52. The van der Waals surface area contributed by atoms with E-state index >= 15 is 0 Å². The molecule has 1 aromatic carbocycles. The van der Waals surface area contributed by atoms with E-state index in [2.05, 4.69) is 20.2 Å². The van der Waals surface area contributed by atoms with Gasteiger partial charge >= 0.3 is 0 Å². The molecule has 0 spiro atoms. The zero-order chi connectivity index (χ0) is 17.5. The van der Waals surface area contributed by atoms with Crippen LogP contribution in [0.1, 0.15) is 30.4 Å². The fourth-order valence-electron chi connectivity index (χ4n) is 2.96. The quantitative estimate of drug-likeness (QED) is 0.556. The Morgan fingerprint density at radius 2 is 1.96 bits per heavy atom. The Kier molecular flexibility index (Phi) is 3.44. The van der Waals surface area contributed by atoms with Crippen LogP contribution in [0.5, 0.6) is 5.88 Å². The Hall–Kier alpha value is -3.22. The van der Waals surface area contributed by atoms with Gasteiger partial charge < -0.3 is 4.74 Å². The standard InChI is InChI=1S/C19H18N6O/c1-24-17(22-19(23-24)14-7-8-14)12-26-18-11-15(13-5-3-2-4-6-13)21-16-9-10-20-25(16)18/h2-6,9-11,14H,7-8,12H2,1H3. The topological polar surface area (TPSA) is 70.1 Å². The molecule has 0 atom stereocenters. The van der Waals surface area contributed by atoms with Crippen LogP contribution in [-0.4, -0.2) is 29.4 Å². The van der Waals surface area contributed by atoms with Crippen molar-refractivity contribution >= 4 is 5.65 Å². The lowest BCUT2D eigenvalue weighted by molar-refractivity contribution is 0.271. The maximum absolute atomic E-state index is 6.06. The summed E-state index contributed by atoms with van der Waals surface area (Å²) >= 11 is 0. The Labute approximate surface area is 150 Å². The maximum Gasteiger partial charge on any atom is 0.219 e. The van der Waals surface area contributed by atoms with Gasteiger partial charge in [0, 0.05) is 30.7 Å². The van der Waals surface area contributed by atoms with Gasteiger partial charge in [-0.25, -0.2) is 14.6 Å². The summed E-state index contributed by atoms with van der Waals surface area (Å²) in [5.74, 6) is 2.90. The van der Waals surface area contributed by atoms with Crippen LogP contribution in [0.4, 0.5) is 0 Å². The van der Waals surface area contributed by atoms with Crippen molar-refractivity contribution in [2.24, 2.45) is 7.05 Å². The Balaban J connectivity index is 1.47. The van der Waals surface area contributed by atoms with Gasteiger partial charge in [0.15, 0.2) is 17.3 Å². The molecule has 7 heteroatoms. The summed E-state index contributed by atoms with van der Waals surface area (Å²) in [5.41, 5.74) is 2.64. The van der Waals surface area contributed by atoms with Crippen LogP contribution in [-0.2, 0) is 13.7 Å². The van der Waals surface area contributed by atoms with Crippen LogP contribution < -0.4 is 4.74 Å². The minimum atomic E-state index is 0.337. The number of aryl methyl sites for hydroxylation is 1. The number of rotatable bonds is 5. The van der Waals surface area contributed by atoms with Gasteiger partial charge in [-0.1, -0.05) is 30.3 Å². The minimum absolute atomic E-state index is 0.337. The first kappa shape index (κ1) is 15.1. The van der Waals surface area contributed by atoms with E-state index in [1.165, 1.54) is 12.8 Å². The summed E-state index contributed by atoms with van der Waals surface area (Å²) in [4.78, 5) is 9.28. The van der Waals surface area contributed by atoms with Crippen molar-refractivity contribution in [3.8, 4) is 17.1 Å². The predicted molar refractivity (Wildman–Crippen MR) is 95.7 cm³/mol. The average Bonchev–Trinajstić information content (AvgIpc) is 3.29. The molecule has 26 heavy (non-hydrogen) atoms. The molecule has 1 aliphatic rings. The van der Waals surface area contributed by atoms with Crippen molar-refractivity contribution in [1.82, 2.24) is 29.4 Å². The molecule has 5 rings (SSSR count). The van der Waals surface area contributed by atoms with Crippen molar-refractivity contribution < 1.29 is 4.74 Å². The first-order valence-electron chi connectivity index (χ1n) is 8.71. The third kappa shape index (κ3) is 2.71. The lowest BCUT2D eigenvalue weighted by atomic mass is 10.1. The second kappa shape index (κ2) is 5.94. The molecule has 0 bridgehead atoms. The molecule has 0 aliphatic heterocycles. The van der Waals surface area contributed by atoms with Crippen molar-refractivity contribution in [3.63, 3.8) is 0 Å². The van der Waals surface area contributed by atoms with Gasteiger partial charge in [-0.3, -0.25) is 0 Å². The zero-order valence-corrected chi connectivity index (χ0v) is 14.4. The van der Waals surface area contributed by atoms with E-state index in [1.807, 2.05) is 49.5 Å². The number of nitrogens with zero attached hydrogens (tertiary/aromatic N) is 6. The Bertz CT molecular complexity index is 1060. The average molecular weight is 346 g/mol. The number of ether oxygens (including phenoxy) is 1. The smallest absolute Gasteiger partial charge is 0.219 e. The van der Waals surface area contributed by atoms with Crippen molar-refractivity contribution in [2.75, 3.05) is 0 Å². The number of fused-ring (bicyclic) bond motifs is 1. The van der Waals surface area contributed by atoms with Crippen molar-refractivity contribution in [1.29, 1.82) is 0 Å². The SMILES string of the molecule is Cn1nc(C2CC2)nc1COc1cc(-c2ccccc2)nc2ccnn12. The van der Waals surface area contributed by atoms with Crippen LogP contribution in [0.25, 0.3) is 16.9 Å². The number of benzene rings is 1. The predicted octanol–water partition coefficient (Wildman–Crippen LogP) is 2.98. The number of hydrogen-bond donors (Lipinski definition) is 0. The minimum Gasteiger partial charge on any atom is -0.469 e. The molecule has 130 valence electrons. The van der Waals surface area contributed by atoms with Gasteiger partial charge in [0.1, 0.15) is 6.61 Å². The highest BCUT2D eigenvalue weighted by atomic mass is 16.5. The summed E-state index contributed by atoms with van der Waals surface area (Å²) in [6, 6.07) is 13.8. The Morgan fingerprint density at radius 1 is 1.12 bits per heavy atom.